The predicted molar refractivity (Wildman–Crippen MR) is 101 cm³/mol. The van der Waals surface area contributed by atoms with E-state index in [0.717, 1.165) is 44.5 Å². The van der Waals surface area contributed by atoms with Gasteiger partial charge in [0.15, 0.2) is 5.82 Å². The van der Waals surface area contributed by atoms with Crippen LogP contribution >= 0.6 is 0 Å². The second-order valence-corrected chi connectivity index (χ2v) is 6.83. The van der Waals surface area contributed by atoms with Gasteiger partial charge < -0.3 is 4.90 Å². The van der Waals surface area contributed by atoms with Crippen molar-refractivity contribution >= 4 is 5.91 Å². The van der Waals surface area contributed by atoms with Crippen LogP contribution in [0.3, 0.4) is 0 Å². The standard InChI is InChI=1S/C20H22N6O/c27-20(18-14-22-19(23-15-18)17-3-1-7-21-13-17)25-10-4-16(5-11-25)6-12-26-9-2-8-24-26/h1-3,7-9,13-16H,4-6,10-12H2. The quantitative estimate of drug-likeness (QED) is 0.697. The van der Waals surface area contributed by atoms with Gasteiger partial charge in [0.25, 0.3) is 5.91 Å². The lowest BCUT2D eigenvalue weighted by Crippen LogP contribution is -2.38. The fraction of sp³-hybridized carbons (Fsp3) is 0.350. The first kappa shape index (κ1) is 17.3. The third-order valence-corrected chi connectivity index (χ3v) is 5.05. The minimum atomic E-state index is 0.0123. The molecule has 3 aromatic heterocycles. The third-order valence-electron chi connectivity index (χ3n) is 5.05. The molecule has 1 aliphatic heterocycles. The average Bonchev–Trinajstić information content (AvgIpc) is 3.27. The number of nitrogens with zero attached hydrogens (tertiary/aromatic N) is 6. The van der Waals surface area contributed by atoms with Crippen LogP contribution in [0.5, 0.6) is 0 Å². The highest BCUT2D eigenvalue weighted by Gasteiger charge is 2.24. The van der Waals surface area contributed by atoms with Crippen LogP contribution in [0.25, 0.3) is 11.4 Å². The van der Waals surface area contributed by atoms with Crippen molar-refractivity contribution in [3.8, 4) is 11.4 Å². The number of carbonyl (C=O) groups excluding carboxylic acids is 1. The lowest BCUT2D eigenvalue weighted by Gasteiger charge is -2.32. The number of aryl methyl sites for hydroxylation is 1. The molecule has 0 saturated carbocycles. The van der Waals surface area contributed by atoms with Gasteiger partial charge in [-0.05, 0) is 43.4 Å². The van der Waals surface area contributed by atoms with Gasteiger partial charge in [0.2, 0.25) is 0 Å². The molecular formula is C20H22N6O. The van der Waals surface area contributed by atoms with Crippen molar-refractivity contribution in [3.63, 3.8) is 0 Å². The molecule has 4 rings (SSSR count). The highest BCUT2D eigenvalue weighted by atomic mass is 16.2. The van der Waals surface area contributed by atoms with Gasteiger partial charge in [-0.25, -0.2) is 9.97 Å². The predicted octanol–water partition coefficient (Wildman–Crippen LogP) is 2.68. The zero-order valence-corrected chi connectivity index (χ0v) is 15.1. The lowest BCUT2D eigenvalue weighted by molar-refractivity contribution is 0.0683. The fourth-order valence-corrected chi connectivity index (χ4v) is 3.44. The van der Waals surface area contributed by atoms with Crippen LogP contribution in [0.4, 0.5) is 0 Å². The van der Waals surface area contributed by atoms with E-state index in [9.17, 15) is 4.79 Å². The maximum Gasteiger partial charge on any atom is 0.256 e. The van der Waals surface area contributed by atoms with Gasteiger partial charge in [0, 0.05) is 62.4 Å². The molecule has 0 N–H and O–H groups in total. The van der Waals surface area contributed by atoms with Gasteiger partial charge in [-0.15, -0.1) is 0 Å². The van der Waals surface area contributed by atoms with Crippen molar-refractivity contribution in [2.45, 2.75) is 25.8 Å². The minimum absolute atomic E-state index is 0.0123. The number of aromatic nitrogens is 5. The topological polar surface area (TPSA) is 76.8 Å². The summed E-state index contributed by atoms with van der Waals surface area (Å²) in [6, 6.07) is 5.69. The molecule has 0 atom stereocenters. The van der Waals surface area contributed by atoms with Gasteiger partial charge in [-0.1, -0.05) is 0 Å². The maximum absolute atomic E-state index is 12.7. The number of likely N-dealkylation sites (tertiary alicyclic amines) is 1. The summed E-state index contributed by atoms with van der Waals surface area (Å²) in [5.41, 5.74) is 1.38. The molecule has 0 aliphatic carbocycles. The molecule has 3 aromatic rings. The van der Waals surface area contributed by atoms with E-state index in [0.29, 0.717) is 17.3 Å². The van der Waals surface area contributed by atoms with Gasteiger partial charge in [-0.3, -0.25) is 14.5 Å². The SMILES string of the molecule is O=C(c1cnc(-c2cccnc2)nc1)N1CCC(CCn2cccn2)CC1. The van der Waals surface area contributed by atoms with E-state index in [4.69, 9.17) is 0 Å². The number of rotatable bonds is 5. The van der Waals surface area contributed by atoms with Gasteiger partial charge in [0.1, 0.15) is 0 Å². The Morgan fingerprint density at radius 3 is 2.56 bits per heavy atom. The van der Waals surface area contributed by atoms with E-state index in [1.807, 2.05) is 40.2 Å². The zero-order chi connectivity index (χ0) is 18.5. The van der Waals surface area contributed by atoms with Crippen molar-refractivity contribution < 1.29 is 4.79 Å². The Morgan fingerprint density at radius 2 is 1.89 bits per heavy atom. The molecule has 7 heteroatoms. The summed E-state index contributed by atoms with van der Waals surface area (Å²) in [7, 11) is 0. The number of piperidine rings is 1. The zero-order valence-electron chi connectivity index (χ0n) is 15.1. The Kier molecular flexibility index (Phi) is 5.18. The Bertz CT molecular complexity index is 855. The second kappa shape index (κ2) is 8.07. The van der Waals surface area contributed by atoms with Crippen molar-refractivity contribution in [2.24, 2.45) is 5.92 Å². The van der Waals surface area contributed by atoms with Crippen LogP contribution in [0.2, 0.25) is 0 Å². The summed E-state index contributed by atoms with van der Waals surface area (Å²) in [4.78, 5) is 27.4. The summed E-state index contributed by atoms with van der Waals surface area (Å²) in [6.45, 7) is 2.51. The highest BCUT2D eigenvalue weighted by molar-refractivity contribution is 5.93. The Morgan fingerprint density at radius 1 is 1.07 bits per heavy atom. The van der Waals surface area contributed by atoms with E-state index < -0.39 is 0 Å². The molecule has 0 unspecified atom stereocenters. The molecule has 0 bridgehead atoms. The summed E-state index contributed by atoms with van der Waals surface area (Å²) in [5.74, 6) is 1.23. The molecular weight excluding hydrogens is 340 g/mol. The first-order chi connectivity index (χ1) is 13.3. The number of pyridine rings is 1. The summed E-state index contributed by atoms with van der Waals surface area (Å²) >= 11 is 0. The van der Waals surface area contributed by atoms with E-state index >= 15 is 0 Å². The monoisotopic (exact) mass is 362 g/mol. The molecule has 0 aromatic carbocycles. The first-order valence-electron chi connectivity index (χ1n) is 9.29. The smallest absolute Gasteiger partial charge is 0.256 e. The molecule has 138 valence electrons. The largest absolute Gasteiger partial charge is 0.339 e. The molecule has 1 saturated heterocycles. The molecule has 1 amide bonds. The Balaban J connectivity index is 1.31. The van der Waals surface area contributed by atoms with Crippen LogP contribution in [0, 0.1) is 5.92 Å². The van der Waals surface area contributed by atoms with E-state index in [-0.39, 0.29) is 5.91 Å². The summed E-state index contributed by atoms with van der Waals surface area (Å²) in [5, 5.41) is 4.25. The molecule has 27 heavy (non-hydrogen) atoms. The minimum Gasteiger partial charge on any atom is -0.339 e. The van der Waals surface area contributed by atoms with Crippen molar-refractivity contribution in [1.82, 2.24) is 29.6 Å². The number of hydrogen-bond donors (Lipinski definition) is 0. The Labute approximate surface area is 158 Å². The maximum atomic E-state index is 12.7. The van der Waals surface area contributed by atoms with Gasteiger partial charge in [-0.2, -0.15) is 5.10 Å². The van der Waals surface area contributed by atoms with Crippen molar-refractivity contribution in [3.05, 3.63) is 60.9 Å². The molecule has 7 nitrogen and oxygen atoms in total. The van der Waals surface area contributed by atoms with Crippen LogP contribution < -0.4 is 0 Å². The number of carbonyl (C=O) groups is 1. The van der Waals surface area contributed by atoms with Gasteiger partial charge in [0.05, 0.1) is 5.56 Å². The first-order valence-corrected chi connectivity index (χ1v) is 9.29. The fourth-order valence-electron chi connectivity index (χ4n) is 3.44. The number of hydrogen-bond acceptors (Lipinski definition) is 5. The van der Waals surface area contributed by atoms with Crippen molar-refractivity contribution in [2.75, 3.05) is 13.1 Å². The number of amides is 1. The second-order valence-electron chi connectivity index (χ2n) is 6.83. The van der Waals surface area contributed by atoms with Crippen molar-refractivity contribution in [1.29, 1.82) is 0 Å². The average molecular weight is 362 g/mol. The van der Waals surface area contributed by atoms with Crippen LogP contribution in [-0.2, 0) is 6.54 Å². The van der Waals surface area contributed by atoms with Crippen LogP contribution in [-0.4, -0.2) is 48.6 Å². The Hall–Kier alpha value is -3.09. The molecule has 1 aliphatic rings. The van der Waals surface area contributed by atoms with E-state index in [1.165, 1.54) is 0 Å². The molecule has 4 heterocycles. The lowest BCUT2D eigenvalue weighted by atomic mass is 9.93. The highest BCUT2D eigenvalue weighted by Crippen LogP contribution is 2.22. The third kappa shape index (κ3) is 4.19. The molecule has 1 fully saturated rings. The van der Waals surface area contributed by atoms with Gasteiger partial charge >= 0.3 is 0 Å². The van der Waals surface area contributed by atoms with E-state index in [1.54, 1.807) is 24.8 Å². The molecule has 0 radical (unpaired) electrons. The molecule has 0 spiro atoms. The van der Waals surface area contributed by atoms with Crippen LogP contribution in [0.1, 0.15) is 29.6 Å². The van der Waals surface area contributed by atoms with E-state index in [2.05, 4.69) is 20.1 Å². The normalized spacial score (nSPS) is 15.0. The van der Waals surface area contributed by atoms with Crippen LogP contribution in [0.15, 0.2) is 55.4 Å². The summed E-state index contributed by atoms with van der Waals surface area (Å²) in [6.07, 6.45) is 13.6. The summed E-state index contributed by atoms with van der Waals surface area (Å²) < 4.78 is 1.97.